The molecule has 0 saturated heterocycles. The van der Waals surface area contributed by atoms with Crippen molar-refractivity contribution in [2.24, 2.45) is 52.3 Å². The van der Waals surface area contributed by atoms with Gasteiger partial charge in [0.15, 0.2) is 0 Å². The molecule has 0 bridgehead atoms. The predicted octanol–water partition coefficient (Wildman–Crippen LogP) is 5.56. The number of carbonyl (C=O) groups is 1. The lowest BCUT2D eigenvalue weighted by Gasteiger charge is -2.64. The molecule has 3 N–H and O–H groups in total. The van der Waals surface area contributed by atoms with Crippen LogP contribution >= 0.6 is 0 Å². The van der Waals surface area contributed by atoms with Gasteiger partial charge in [-0.3, -0.25) is 4.79 Å². The van der Waals surface area contributed by atoms with Gasteiger partial charge >= 0.3 is 0 Å². The van der Waals surface area contributed by atoms with E-state index < -0.39 is 0 Å². The van der Waals surface area contributed by atoms with Crippen molar-refractivity contribution in [1.29, 1.82) is 0 Å². The molecule has 4 aliphatic rings. The molecule has 0 spiro atoms. The van der Waals surface area contributed by atoms with Crippen molar-refractivity contribution in [2.45, 2.75) is 117 Å². The van der Waals surface area contributed by atoms with Gasteiger partial charge in [-0.15, -0.1) is 0 Å². The summed E-state index contributed by atoms with van der Waals surface area (Å²) in [7, 11) is 0. The summed E-state index contributed by atoms with van der Waals surface area (Å²) in [6.45, 7) is 12.6. The van der Waals surface area contributed by atoms with Crippen LogP contribution in [0.3, 0.4) is 0 Å². The molecule has 4 saturated carbocycles. The van der Waals surface area contributed by atoms with Crippen LogP contribution in [0.25, 0.3) is 0 Å². The van der Waals surface area contributed by atoms with Crippen LogP contribution < -0.4 is 5.32 Å². The van der Waals surface area contributed by atoms with Gasteiger partial charge in [-0.2, -0.15) is 0 Å². The number of aliphatic hydroxyl groups excluding tert-OH is 2. The minimum Gasteiger partial charge on any atom is -0.393 e. The monoisotopic (exact) mass is 461 g/mol. The lowest BCUT2D eigenvalue weighted by Crippen LogP contribution is -2.62. The van der Waals surface area contributed by atoms with E-state index in [1.54, 1.807) is 0 Å². The van der Waals surface area contributed by atoms with Crippen molar-refractivity contribution in [2.75, 3.05) is 6.54 Å². The van der Waals surface area contributed by atoms with E-state index in [1.165, 1.54) is 25.7 Å². The van der Waals surface area contributed by atoms with Gasteiger partial charge in [0.1, 0.15) is 0 Å². The molecule has 4 nitrogen and oxygen atoms in total. The van der Waals surface area contributed by atoms with E-state index >= 15 is 0 Å². The van der Waals surface area contributed by atoms with Crippen LogP contribution in [-0.2, 0) is 4.79 Å². The first kappa shape index (κ1) is 25.5. The quantitative estimate of drug-likeness (QED) is 0.465. The van der Waals surface area contributed by atoms with Gasteiger partial charge < -0.3 is 15.5 Å². The summed E-state index contributed by atoms with van der Waals surface area (Å²) in [5, 5.41) is 25.3. The molecule has 4 fully saturated rings. The zero-order valence-corrected chi connectivity index (χ0v) is 22.0. The molecular weight excluding hydrogens is 410 g/mol. The maximum Gasteiger partial charge on any atom is 0.220 e. The van der Waals surface area contributed by atoms with Crippen LogP contribution in [0.15, 0.2) is 0 Å². The second-order valence-corrected chi connectivity index (χ2v) is 13.0. The van der Waals surface area contributed by atoms with Crippen LogP contribution in [0.4, 0.5) is 0 Å². The van der Waals surface area contributed by atoms with Crippen LogP contribution in [0.5, 0.6) is 0 Å². The molecule has 0 aliphatic heterocycles. The van der Waals surface area contributed by atoms with Crippen molar-refractivity contribution in [3.8, 4) is 0 Å². The molecule has 190 valence electrons. The Morgan fingerprint density at radius 2 is 1.70 bits per heavy atom. The fourth-order valence-electron chi connectivity index (χ4n) is 9.85. The highest BCUT2D eigenvalue weighted by Crippen LogP contribution is 2.69. The van der Waals surface area contributed by atoms with Crippen molar-refractivity contribution in [3.05, 3.63) is 0 Å². The minimum atomic E-state index is -0.220. The standard InChI is InChI=1S/C29H51NO3/c1-6-16-30-25(32)11-8-18(3)21-9-10-22-26-23(13-15-28(21,22)4)29(5)14-12-19(31)17-24(29)20(7-2)27(26)33/h18-24,26-27,31,33H,6-17H2,1-5H3,(H,30,32)/t18-,19-,20-,21?,22?,23?,24+,26?,27-,28-,29-/m1/s1. The highest BCUT2D eigenvalue weighted by atomic mass is 16.3. The molecule has 0 heterocycles. The largest absolute Gasteiger partial charge is 0.393 e. The van der Waals surface area contributed by atoms with Gasteiger partial charge in [-0.05, 0) is 110 Å². The Labute approximate surface area is 202 Å². The molecule has 0 radical (unpaired) electrons. The molecule has 4 aliphatic carbocycles. The summed E-state index contributed by atoms with van der Waals surface area (Å²) in [5.74, 6) is 3.82. The van der Waals surface area contributed by atoms with E-state index in [-0.39, 0.29) is 28.9 Å². The third-order valence-electron chi connectivity index (χ3n) is 11.5. The summed E-state index contributed by atoms with van der Waals surface area (Å²) in [6, 6.07) is 0. The van der Waals surface area contributed by atoms with Gasteiger partial charge in [0, 0.05) is 13.0 Å². The molecule has 0 aromatic heterocycles. The first-order valence-electron chi connectivity index (χ1n) is 14.3. The highest BCUT2D eigenvalue weighted by Gasteiger charge is 2.64. The van der Waals surface area contributed by atoms with Crippen molar-refractivity contribution in [1.82, 2.24) is 5.32 Å². The van der Waals surface area contributed by atoms with E-state index in [9.17, 15) is 15.0 Å². The Bertz CT molecular complexity index is 696. The Balaban J connectivity index is 1.52. The summed E-state index contributed by atoms with van der Waals surface area (Å²) >= 11 is 0. The van der Waals surface area contributed by atoms with E-state index in [2.05, 4.69) is 39.9 Å². The Morgan fingerprint density at radius 1 is 1.00 bits per heavy atom. The van der Waals surface area contributed by atoms with E-state index in [0.717, 1.165) is 45.1 Å². The van der Waals surface area contributed by atoms with E-state index in [4.69, 9.17) is 0 Å². The summed E-state index contributed by atoms with van der Waals surface area (Å²) < 4.78 is 0. The Kier molecular flexibility index (Phi) is 7.57. The summed E-state index contributed by atoms with van der Waals surface area (Å²) in [4.78, 5) is 12.2. The summed E-state index contributed by atoms with van der Waals surface area (Å²) in [5.41, 5.74) is 0.559. The van der Waals surface area contributed by atoms with Crippen molar-refractivity contribution in [3.63, 3.8) is 0 Å². The average molecular weight is 462 g/mol. The SMILES string of the molecule is CCCNC(=O)CC[C@@H](C)C1CCC2C3C(CC[C@@]21C)[C@@]1(C)CC[C@@H](O)C[C@H]1[C@@H](CC)[C@H]3O. The normalized spacial score (nSPS) is 47.8. The first-order chi connectivity index (χ1) is 15.7. The molecule has 11 atom stereocenters. The fraction of sp³-hybridized carbons (Fsp3) is 0.966. The van der Waals surface area contributed by atoms with Crippen LogP contribution in [-0.4, -0.2) is 34.9 Å². The zero-order chi connectivity index (χ0) is 24.0. The predicted molar refractivity (Wildman–Crippen MR) is 133 cm³/mol. The lowest BCUT2D eigenvalue weighted by atomic mass is 9.41. The van der Waals surface area contributed by atoms with Gasteiger partial charge in [0.2, 0.25) is 5.91 Å². The van der Waals surface area contributed by atoms with E-state index in [0.29, 0.717) is 47.8 Å². The third-order valence-corrected chi connectivity index (χ3v) is 11.5. The van der Waals surface area contributed by atoms with Crippen LogP contribution in [0.2, 0.25) is 0 Å². The highest BCUT2D eigenvalue weighted by molar-refractivity contribution is 5.75. The van der Waals surface area contributed by atoms with Crippen molar-refractivity contribution < 1.29 is 15.0 Å². The number of carbonyl (C=O) groups excluding carboxylic acids is 1. The average Bonchev–Trinajstić information content (AvgIpc) is 3.14. The second-order valence-electron chi connectivity index (χ2n) is 13.0. The van der Waals surface area contributed by atoms with E-state index in [1.807, 2.05) is 0 Å². The summed E-state index contributed by atoms with van der Waals surface area (Å²) in [6.07, 6.45) is 11.2. The van der Waals surface area contributed by atoms with Gasteiger partial charge in [-0.1, -0.05) is 41.0 Å². The van der Waals surface area contributed by atoms with Gasteiger partial charge in [-0.25, -0.2) is 0 Å². The Morgan fingerprint density at radius 3 is 2.39 bits per heavy atom. The van der Waals surface area contributed by atoms with Crippen LogP contribution in [0, 0.1) is 52.3 Å². The maximum absolute atomic E-state index is 12.2. The van der Waals surface area contributed by atoms with Gasteiger partial charge in [0.05, 0.1) is 12.2 Å². The maximum atomic E-state index is 12.2. The molecule has 33 heavy (non-hydrogen) atoms. The third kappa shape index (κ3) is 4.30. The molecular formula is C29H51NO3. The smallest absolute Gasteiger partial charge is 0.220 e. The molecule has 4 rings (SSSR count). The minimum absolute atomic E-state index is 0.180. The molecule has 0 aromatic rings. The molecule has 4 heteroatoms. The number of rotatable bonds is 7. The first-order valence-corrected chi connectivity index (χ1v) is 14.3. The van der Waals surface area contributed by atoms with Gasteiger partial charge in [0.25, 0.3) is 0 Å². The molecule has 4 unspecified atom stereocenters. The number of fused-ring (bicyclic) bond motifs is 5. The fourth-order valence-corrected chi connectivity index (χ4v) is 9.85. The number of hydrogen-bond donors (Lipinski definition) is 3. The number of amides is 1. The Hall–Kier alpha value is -0.610. The zero-order valence-electron chi connectivity index (χ0n) is 22.0. The van der Waals surface area contributed by atoms with Crippen LogP contribution in [0.1, 0.15) is 105 Å². The van der Waals surface area contributed by atoms with Crippen molar-refractivity contribution >= 4 is 5.91 Å². The number of nitrogens with one attached hydrogen (secondary N) is 1. The second kappa shape index (κ2) is 9.80. The number of aliphatic hydroxyl groups is 2. The molecule has 0 aromatic carbocycles. The number of hydrogen-bond acceptors (Lipinski definition) is 3. The topological polar surface area (TPSA) is 69.6 Å². The molecule has 1 amide bonds. The lowest BCUT2D eigenvalue weighted by molar-refractivity contribution is -0.203.